The molecule has 0 amide bonds. The van der Waals surface area contributed by atoms with E-state index in [0.717, 1.165) is 11.0 Å². The number of anilines is 2. The van der Waals surface area contributed by atoms with Gasteiger partial charge in [0, 0.05) is 53.6 Å². The van der Waals surface area contributed by atoms with Crippen LogP contribution in [0.15, 0.2) is 9.59 Å². The van der Waals surface area contributed by atoms with Gasteiger partial charge in [-0.05, 0) is 27.2 Å². The first-order valence-corrected chi connectivity index (χ1v) is 11.4. The molecule has 1 aromatic heterocycles. The van der Waals surface area contributed by atoms with Gasteiger partial charge in [0.25, 0.3) is 5.56 Å². The fourth-order valence-electron chi connectivity index (χ4n) is 3.57. The Morgan fingerprint density at radius 3 is 2.00 bits per heavy atom. The summed E-state index contributed by atoms with van der Waals surface area (Å²) in [5.74, 6) is 0.669. The Morgan fingerprint density at radius 2 is 1.48 bits per heavy atom. The molecule has 27 heavy (non-hydrogen) atoms. The Labute approximate surface area is 161 Å². The van der Waals surface area contributed by atoms with E-state index in [-0.39, 0.29) is 11.2 Å². The van der Waals surface area contributed by atoms with Crippen molar-refractivity contribution >= 4 is 20.3 Å². The quantitative estimate of drug-likeness (QED) is 0.536. The molecule has 2 heterocycles. The Kier molecular flexibility index (Phi) is 7.26. The van der Waals surface area contributed by atoms with E-state index in [2.05, 4.69) is 4.90 Å². The van der Waals surface area contributed by atoms with E-state index in [1.807, 2.05) is 32.7 Å². The van der Waals surface area contributed by atoms with Gasteiger partial charge in [0.2, 0.25) is 0 Å². The summed E-state index contributed by atoms with van der Waals surface area (Å²) in [5, 5.41) is 0. The highest BCUT2D eigenvalue weighted by Crippen LogP contribution is 2.30. The zero-order valence-corrected chi connectivity index (χ0v) is 18.3. The van der Waals surface area contributed by atoms with Crippen LogP contribution >= 0.6 is 0 Å². The van der Waals surface area contributed by atoms with E-state index in [0.29, 0.717) is 50.6 Å². The van der Waals surface area contributed by atoms with Crippen LogP contribution in [0.1, 0.15) is 27.2 Å². The number of fused-ring (bicyclic) bond motifs is 1. The molecule has 0 atom stereocenters. The highest BCUT2D eigenvalue weighted by Gasteiger charge is 2.40. The molecule has 1 aliphatic rings. The van der Waals surface area contributed by atoms with Crippen LogP contribution in [0.25, 0.3) is 0 Å². The van der Waals surface area contributed by atoms with Gasteiger partial charge in [-0.1, -0.05) is 0 Å². The Morgan fingerprint density at radius 1 is 0.926 bits per heavy atom. The third-order valence-electron chi connectivity index (χ3n) is 4.68. The summed E-state index contributed by atoms with van der Waals surface area (Å²) in [6, 6.07) is 0.691. The van der Waals surface area contributed by atoms with Gasteiger partial charge < -0.3 is 23.1 Å². The van der Waals surface area contributed by atoms with Crippen LogP contribution in [-0.4, -0.2) is 58.0 Å². The molecule has 0 N–H and O–H groups in total. The fraction of sp³-hybridized carbons (Fsp3) is 0.765. The van der Waals surface area contributed by atoms with Crippen molar-refractivity contribution in [2.75, 3.05) is 49.9 Å². The molecule has 0 radical (unpaired) electrons. The van der Waals surface area contributed by atoms with Gasteiger partial charge in [0.05, 0.1) is 6.67 Å². The molecule has 1 aromatic rings. The van der Waals surface area contributed by atoms with Crippen molar-refractivity contribution in [1.29, 1.82) is 0 Å². The van der Waals surface area contributed by atoms with Crippen LogP contribution in [-0.2, 0) is 27.4 Å². The topological polar surface area (TPSA) is 78.2 Å². The SMILES string of the molecule is CCO[Si](CCCN1CN(C)c2c1n(C)c(=O)n(C)c2=O)(OCC)OCC. The first-order valence-electron chi connectivity index (χ1n) is 9.49. The summed E-state index contributed by atoms with van der Waals surface area (Å²) in [6.07, 6.45) is 0.781. The summed E-state index contributed by atoms with van der Waals surface area (Å²) in [7, 11) is 2.38. The van der Waals surface area contributed by atoms with E-state index in [1.165, 1.54) is 7.05 Å². The molecule has 2 rings (SSSR count). The Hall–Kier alpha value is -1.62. The molecule has 0 fully saturated rings. The first-order chi connectivity index (χ1) is 12.8. The zero-order valence-electron chi connectivity index (χ0n) is 17.3. The standard InChI is InChI=1S/C17H32N4O5Si/c1-7-24-27(25-8-2,26-9-3)12-10-11-21-13-18(4)14-15(21)19(5)17(23)20(6)16(14)22/h7-13H2,1-6H3. The number of rotatable bonds is 10. The molecule has 0 bridgehead atoms. The lowest BCUT2D eigenvalue weighted by molar-refractivity contribution is 0.0709. The van der Waals surface area contributed by atoms with Gasteiger partial charge in [-0.25, -0.2) is 4.79 Å². The van der Waals surface area contributed by atoms with Gasteiger partial charge in [-0.3, -0.25) is 13.9 Å². The lowest BCUT2D eigenvalue weighted by Gasteiger charge is -2.29. The van der Waals surface area contributed by atoms with E-state index in [4.69, 9.17) is 13.3 Å². The maximum atomic E-state index is 12.5. The maximum absolute atomic E-state index is 12.5. The van der Waals surface area contributed by atoms with E-state index < -0.39 is 8.80 Å². The predicted octanol–water partition coefficient (Wildman–Crippen LogP) is 0.736. The van der Waals surface area contributed by atoms with Crippen LogP contribution in [0.3, 0.4) is 0 Å². The summed E-state index contributed by atoms with van der Waals surface area (Å²) in [6.45, 7) is 8.71. The van der Waals surface area contributed by atoms with Crippen molar-refractivity contribution in [2.45, 2.75) is 33.2 Å². The lowest BCUT2D eigenvalue weighted by Crippen LogP contribution is -2.46. The molecule has 154 valence electrons. The van der Waals surface area contributed by atoms with E-state index in [9.17, 15) is 9.59 Å². The third-order valence-corrected chi connectivity index (χ3v) is 7.83. The second kappa shape index (κ2) is 9.05. The monoisotopic (exact) mass is 400 g/mol. The Balaban J connectivity index is 2.19. The van der Waals surface area contributed by atoms with Crippen molar-refractivity contribution in [3.05, 3.63) is 20.8 Å². The molecule has 0 aromatic carbocycles. The van der Waals surface area contributed by atoms with Crippen molar-refractivity contribution < 1.29 is 13.3 Å². The normalized spacial score (nSPS) is 14.1. The van der Waals surface area contributed by atoms with E-state index in [1.54, 1.807) is 11.6 Å². The van der Waals surface area contributed by atoms with E-state index >= 15 is 0 Å². The van der Waals surface area contributed by atoms with Crippen molar-refractivity contribution in [2.24, 2.45) is 14.1 Å². The largest absolute Gasteiger partial charge is 0.500 e. The smallest absolute Gasteiger partial charge is 0.374 e. The number of hydrogen-bond donors (Lipinski definition) is 0. The summed E-state index contributed by atoms with van der Waals surface area (Å²) in [5.41, 5.74) is -0.0250. The van der Waals surface area contributed by atoms with Crippen molar-refractivity contribution in [3.63, 3.8) is 0 Å². The zero-order chi connectivity index (χ0) is 20.2. The number of aromatic nitrogens is 2. The first kappa shape index (κ1) is 21.7. The molecule has 9 nitrogen and oxygen atoms in total. The molecular weight excluding hydrogens is 368 g/mol. The van der Waals surface area contributed by atoms with Crippen LogP contribution in [0.2, 0.25) is 6.04 Å². The molecule has 0 saturated carbocycles. The highest BCUT2D eigenvalue weighted by atomic mass is 28.4. The van der Waals surface area contributed by atoms with Gasteiger partial charge in [-0.2, -0.15) is 0 Å². The van der Waals surface area contributed by atoms with Gasteiger partial charge in [-0.15, -0.1) is 0 Å². The minimum atomic E-state index is -2.70. The van der Waals surface area contributed by atoms with Crippen molar-refractivity contribution in [3.8, 4) is 0 Å². The molecule has 10 heteroatoms. The number of nitrogens with zero attached hydrogens (tertiary/aromatic N) is 4. The van der Waals surface area contributed by atoms with Crippen LogP contribution in [0, 0.1) is 0 Å². The Bertz CT molecular complexity index is 746. The highest BCUT2D eigenvalue weighted by molar-refractivity contribution is 6.60. The van der Waals surface area contributed by atoms with Crippen LogP contribution in [0.5, 0.6) is 0 Å². The molecule has 0 unspecified atom stereocenters. The molecular formula is C17H32N4O5Si. The van der Waals surface area contributed by atoms with Crippen molar-refractivity contribution in [1.82, 2.24) is 9.13 Å². The fourth-order valence-corrected chi connectivity index (χ4v) is 6.16. The molecule has 0 spiro atoms. The average molecular weight is 401 g/mol. The van der Waals surface area contributed by atoms with Gasteiger partial charge in [0.1, 0.15) is 11.5 Å². The predicted molar refractivity (Wildman–Crippen MR) is 108 cm³/mol. The second-order valence-electron chi connectivity index (χ2n) is 6.57. The second-order valence-corrected chi connectivity index (χ2v) is 9.30. The minimum absolute atomic E-state index is 0.264. The summed E-state index contributed by atoms with van der Waals surface area (Å²) in [4.78, 5) is 28.8. The van der Waals surface area contributed by atoms with Gasteiger partial charge >= 0.3 is 14.5 Å². The molecule has 0 aliphatic carbocycles. The van der Waals surface area contributed by atoms with Gasteiger partial charge in [0.15, 0.2) is 0 Å². The van der Waals surface area contributed by atoms with Crippen LogP contribution in [0.4, 0.5) is 11.5 Å². The molecule has 1 aliphatic heterocycles. The molecule has 0 saturated heterocycles. The number of hydrogen-bond acceptors (Lipinski definition) is 7. The minimum Gasteiger partial charge on any atom is -0.374 e. The maximum Gasteiger partial charge on any atom is 0.500 e. The summed E-state index contributed by atoms with van der Waals surface area (Å²) >= 11 is 0. The summed E-state index contributed by atoms with van der Waals surface area (Å²) < 4.78 is 20.4. The third kappa shape index (κ3) is 4.28. The van der Waals surface area contributed by atoms with Crippen LogP contribution < -0.4 is 21.0 Å². The average Bonchev–Trinajstić information content (AvgIpc) is 2.95. The lowest BCUT2D eigenvalue weighted by atomic mass is 10.4.